The van der Waals surface area contributed by atoms with Gasteiger partial charge in [-0.05, 0) is 61.8 Å². The number of thiazole rings is 1. The van der Waals surface area contributed by atoms with Crippen molar-refractivity contribution in [1.82, 2.24) is 18.8 Å². The molecule has 0 spiro atoms. The summed E-state index contributed by atoms with van der Waals surface area (Å²) in [4.78, 5) is 12.1. The minimum Gasteiger partial charge on any atom is -0.473 e. The third kappa shape index (κ3) is 4.86. The van der Waals surface area contributed by atoms with Crippen molar-refractivity contribution in [2.45, 2.75) is 49.0 Å². The number of hydrogen-bond acceptors (Lipinski definition) is 8. The van der Waals surface area contributed by atoms with Crippen LogP contribution in [0.25, 0.3) is 22.3 Å². The number of benzene rings is 1. The van der Waals surface area contributed by atoms with Crippen LogP contribution in [-0.2, 0) is 14.8 Å². The molecule has 1 aliphatic heterocycles. The zero-order chi connectivity index (χ0) is 26.1. The van der Waals surface area contributed by atoms with E-state index in [1.165, 1.54) is 15.3 Å². The Hall–Kier alpha value is -2.79. The molecule has 1 saturated carbocycles. The molecule has 3 aromatic heterocycles. The predicted molar refractivity (Wildman–Crippen MR) is 148 cm³/mol. The molecule has 1 aliphatic carbocycles. The molecule has 1 aromatic carbocycles. The van der Waals surface area contributed by atoms with Crippen LogP contribution in [0, 0.1) is 0 Å². The van der Waals surface area contributed by atoms with Gasteiger partial charge in [0.25, 0.3) is 15.2 Å². The fraction of sp³-hybridized carbons (Fsp3) is 0.429. The minimum atomic E-state index is -3.83. The first-order chi connectivity index (χ1) is 18.5. The van der Waals surface area contributed by atoms with Gasteiger partial charge in [-0.25, -0.2) is 22.4 Å². The van der Waals surface area contributed by atoms with Gasteiger partial charge in [-0.2, -0.15) is 0 Å². The fourth-order valence-corrected chi connectivity index (χ4v) is 7.78. The molecule has 4 aromatic rings. The van der Waals surface area contributed by atoms with Crippen molar-refractivity contribution in [1.29, 1.82) is 0 Å². The molecule has 0 radical (unpaired) electrons. The van der Waals surface area contributed by atoms with E-state index in [2.05, 4.69) is 16.0 Å². The number of nitrogens with zero attached hydrogens (tertiary/aromatic N) is 4. The Morgan fingerprint density at radius 2 is 1.89 bits per heavy atom. The Kier molecular flexibility index (Phi) is 7.22. The van der Waals surface area contributed by atoms with Crippen molar-refractivity contribution in [3.8, 4) is 16.5 Å². The summed E-state index contributed by atoms with van der Waals surface area (Å²) in [5.74, 6) is 0.401. The summed E-state index contributed by atoms with van der Waals surface area (Å²) in [5, 5.41) is 3.23. The van der Waals surface area contributed by atoms with Gasteiger partial charge >= 0.3 is 0 Å². The van der Waals surface area contributed by atoms with E-state index in [9.17, 15) is 8.42 Å². The number of fused-ring (bicyclic) bond motifs is 1. The van der Waals surface area contributed by atoms with Crippen LogP contribution in [0.1, 0.15) is 43.6 Å². The average Bonchev–Trinajstić information content (AvgIpc) is 3.49. The second-order valence-electron chi connectivity index (χ2n) is 10.0. The zero-order valence-electron chi connectivity index (χ0n) is 21.5. The maximum Gasteiger partial charge on any atom is 0.273 e. The molecular weight excluding hydrogens is 520 g/mol. The van der Waals surface area contributed by atoms with E-state index in [-0.39, 0.29) is 4.90 Å². The number of hydrogen-bond donors (Lipinski definition) is 0. The van der Waals surface area contributed by atoms with Crippen LogP contribution < -0.4 is 4.74 Å². The summed E-state index contributed by atoms with van der Waals surface area (Å²) in [6.07, 6.45) is 9.13. The molecule has 0 amide bonds. The normalized spacial score (nSPS) is 21.4. The second kappa shape index (κ2) is 10.8. The highest BCUT2D eigenvalue weighted by Gasteiger charge is 2.29. The summed E-state index contributed by atoms with van der Waals surface area (Å²) in [7, 11) is -2.25. The molecular formula is C28H32N4O4S2. The maximum absolute atomic E-state index is 13.6. The molecule has 2 fully saturated rings. The summed E-state index contributed by atoms with van der Waals surface area (Å²) < 4.78 is 39.5. The van der Waals surface area contributed by atoms with Crippen LogP contribution >= 0.6 is 11.3 Å². The smallest absolute Gasteiger partial charge is 0.273 e. The van der Waals surface area contributed by atoms with Gasteiger partial charge in [0, 0.05) is 54.5 Å². The van der Waals surface area contributed by atoms with Gasteiger partial charge in [0.1, 0.15) is 0 Å². The van der Waals surface area contributed by atoms with E-state index in [0.717, 1.165) is 74.9 Å². The number of methoxy groups -OCH3 is 1. The lowest BCUT2D eigenvalue weighted by Gasteiger charge is -2.36. The van der Waals surface area contributed by atoms with Crippen molar-refractivity contribution in [2.75, 3.05) is 33.4 Å². The summed E-state index contributed by atoms with van der Waals surface area (Å²) in [5.41, 5.74) is 3.00. The highest BCUT2D eigenvalue weighted by atomic mass is 32.2. The molecule has 0 bridgehead atoms. The monoisotopic (exact) mass is 552 g/mol. The minimum absolute atomic E-state index is 0.224. The van der Waals surface area contributed by atoms with Crippen molar-refractivity contribution >= 4 is 32.4 Å². The third-order valence-corrected chi connectivity index (χ3v) is 10.3. The molecule has 0 unspecified atom stereocenters. The van der Waals surface area contributed by atoms with Gasteiger partial charge in [0.05, 0.1) is 24.3 Å². The molecule has 10 heteroatoms. The summed E-state index contributed by atoms with van der Waals surface area (Å²) in [6, 6.07) is 11.2. The maximum atomic E-state index is 13.6. The lowest BCUT2D eigenvalue weighted by molar-refractivity contribution is 0.118. The number of ether oxygens (including phenoxy) is 2. The Morgan fingerprint density at radius 3 is 2.66 bits per heavy atom. The van der Waals surface area contributed by atoms with Crippen molar-refractivity contribution in [3.63, 3.8) is 0 Å². The van der Waals surface area contributed by atoms with Crippen molar-refractivity contribution < 1.29 is 17.9 Å². The highest BCUT2D eigenvalue weighted by Crippen LogP contribution is 2.39. The standard InChI is InChI=1S/C28H32N4O4S2/c1-35-28-30-26(19-37-28)25-18-32(38(33,34)23-6-3-2-4-7-23)27-24(25)16-21(17-29-27)20-8-10-22(11-9-20)31-12-5-14-36-15-13-31/h2-4,6-7,16-20,22H,5,8-15H2,1H3/t20-,22-. The number of aromatic nitrogens is 3. The summed E-state index contributed by atoms with van der Waals surface area (Å²) >= 11 is 1.39. The highest BCUT2D eigenvalue weighted by molar-refractivity contribution is 7.90. The first-order valence-electron chi connectivity index (χ1n) is 13.2. The second-order valence-corrected chi connectivity index (χ2v) is 12.6. The Balaban J connectivity index is 1.35. The molecule has 4 heterocycles. The third-order valence-electron chi connectivity index (χ3n) is 7.81. The Morgan fingerprint density at radius 1 is 1.08 bits per heavy atom. The molecule has 6 rings (SSSR count). The molecule has 0 N–H and O–H groups in total. The van der Waals surface area contributed by atoms with E-state index >= 15 is 0 Å². The molecule has 0 atom stereocenters. The van der Waals surface area contributed by atoms with Crippen molar-refractivity contribution in [3.05, 3.63) is 59.7 Å². The van der Waals surface area contributed by atoms with Gasteiger partial charge < -0.3 is 9.47 Å². The molecule has 8 nitrogen and oxygen atoms in total. The topological polar surface area (TPSA) is 86.6 Å². The van der Waals surface area contributed by atoms with E-state index < -0.39 is 10.0 Å². The van der Waals surface area contributed by atoms with Gasteiger partial charge in [-0.15, -0.1) is 0 Å². The Bertz CT molecular complexity index is 1500. The van der Waals surface area contributed by atoms with Gasteiger partial charge in [-0.1, -0.05) is 29.5 Å². The molecule has 2 aliphatic rings. The van der Waals surface area contributed by atoms with E-state index in [1.54, 1.807) is 43.6 Å². The van der Waals surface area contributed by atoms with Gasteiger partial charge in [-0.3, -0.25) is 4.90 Å². The largest absolute Gasteiger partial charge is 0.473 e. The average molecular weight is 553 g/mol. The lowest BCUT2D eigenvalue weighted by Crippen LogP contribution is -2.39. The van der Waals surface area contributed by atoms with Crippen LogP contribution in [0.5, 0.6) is 5.19 Å². The first kappa shape index (κ1) is 25.5. The quantitative estimate of drug-likeness (QED) is 0.327. The van der Waals surface area contributed by atoms with E-state index in [0.29, 0.717) is 28.5 Å². The van der Waals surface area contributed by atoms with Gasteiger partial charge in [0.2, 0.25) is 0 Å². The van der Waals surface area contributed by atoms with Gasteiger partial charge in [0.15, 0.2) is 5.65 Å². The van der Waals surface area contributed by atoms with Crippen LogP contribution in [0.4, 0.5) is 0 Å². The molecule has 200 valence electrons. The number of pyridine rings is 1. The molecule has 1 saturated heterocycles. The summed E-state index contributed by atoms with van der Waals surface area (Å²) in [6.45, 7) is 3.83. The zero-order valence-corrected chi connectivity index (χ0v) is 23.1. The van der Waals surface area contributed by atoms with Crippen LogP contribution in [0.15, 0.2) is 59.1 Å². The van der Waals surface area contributed by atoms with Crippen molar-refractivity contribution in [2.24, 2.45) is 0 Å². The first-order valence-corrected chi connectivity index (χ1v) is 15.5. The predicted octanol–water partition coefficient (Wildman–Crippen LogP) is 5.15. The Labute approximate surface area is 227 Å². The van der Waals surface area contributed by atoms with Crippen LogP contribution in [0.3, 0.4) is 0 Å². The van der Waals surface area contributed by atoms with Crippen LogP contribution in [-0.4, -0.2) is 66.7 Å². The fourth-order valence-electron chi connectivity index (χ4n) is 5.79. The SMILES string of the molecule is COc1nc(-c2cn(S(=O)(=O)c3ccccc3)c3ncc([C@H]4CC[C@H](N5CCCOCC5)CC4)cc23)cs1. The number of rotatable bonds is 6. The van der Waals surface area contributed by atoms with E-state index in [1.807, 2.05) is 11.6 Å². The lowest BCUT2D eigenvalue weighted by atomic mass is 9.81. The van der Waals surface area contributed by atoms with Crippen LogP contribution in [0.2, 0.25) is 0 Å². The molecule has 38 heavy (non-hydrogen) atoms. The van der Waals surface area contributed by atoms with E-state index in [4.69, 9.17) is 14.5 Å².